The van der Waals surface area contributed by atoms with E-state index in [1.807, 2.05) is 12.1 Å². The molecule has 9 rings (SSSR count). The van der Waals surface area contributed by atoms with E-state index in [4.69, 9.17) is 18.8 Å². The maximum atomic E-state index is 6.37. The molecule has 0 spiro atoms. The highest BCUT2D eigenvalue weighted by Gasteiger charge is 2.48. The lowest BCUT2D eigenvalue weighted by Gasteiger charge is -2.33. The van der Waals surface area contributed by atoms with Gasteiger partial charge < -0.3 is 8.83 Å². The van der Waals surface area contributed by atoms with Gasteiger partial charge in [-0.3, -0.25) is 0 Å². The van der Waals surface area contributed by atoms with Gasteiger partial charge in [0, 0.05) is 11.1 Å². The molecule has 0 atom stereocenters. The minimum atomic E-state index is -2.48. The summed E-state index contributed by atoms with van der Waals surface area (Å²) in [5.74, 6) is 1.29. The zero-order valence-electron chi connectivity index (χ0n) is 30.5. The molecule has 0 radical (unpaired) electrons. The molecule has 2 aromatic heterocycles. The third-order valence-corrected chi connectivity index (χ3v) is 16.3. The molecule has 5 heteroatoms. The first-order valence-electron chi connectivity index (χ1n) is 18.5. The molecule has 53 heavy (non-hydrogen) atoms. The van der Waals surface area contributed by atoms with E-state index >= 15 is 0 Å². The van der Waals surface area contributed by atoms with E-state index in [1.54, 1.807) is 0 Å². The van der Waals surface area contributed by atoms with Crippen molar-refractivity contribution in [2.75, 3.05) is 0 Å². The molecule has 0 saturated heterocycles. The van der Waals surface area contributed by atoms with Gasteiger partial charge in [-0.15, -0.1) is 0 Å². The number of oxazole rings is 2. The Balaban J connectivity index is 1.30. The Morgan fingerprint density at radius 1 is 0.434 bits per heavy atom. The van der Waals surface area contributed by atoms with E-state index in [0.717, 1.165) is 45.4 Å². The summed E-state index contributed by atoms with van der Waals surface area (Å²) in [7, 11) is -2.48. The van der Waals surface area contributed by atoms with Gasteiger partial charge >= 0.3 is 0 Å². The molecule has 0 saturated carbocycles. The van der Waals surface area contributed by atoms with Gasteiger partial charge in [0.05, 0.1) is 0 Å². The Morgan fingerprint density at radius 3 is 1.25 bits per heavy atom. The van der Waals surface area contributed by atoms with Gasteiger partial charge in [-0.2, -0.15) is 0 Å². The second kappa shape index (κ2) is 13.2. The third-order valence-electron chi connectivity index (χ3n) is 10.9. The standard InChI is InChI=1S/C48H40N2O2Si/c1-5-53(6-2)45(35-19-13-21-37(29-35)47-49-39-27-31(3)23-25-41(39)51-47)43(33-15-9-7-10-16-33)44(34-17-11-8-12-18-34)46(53)36-20-14-22-38(30-36)48-50-40-28-32(4)24-26-42(40)52-48/h7-30H,5-6H2,1-4H3. The quantitative estimate of drug-likeness (QED) is 0.148. The van der Waals surface area contributed by atoms with E-state index in [-0.39, 0.29) is 0 Å². The lowest BCUT2D eigenvalue weighted by Crippen LogP contribution is -2.35. The zero-order valence-corrected chi connectivity index (χ0v) is 31.5. The molecule has 0 amide bonds. The molecule has 0 unspecified atom stereocenters. The summed E-state index contributed by atoms with van der Waals surface area (Å²) >= 11 is 0. The largest absolute Gasteiger partial charge is 0.436 e. The van der Waals surface area contributed by atoms with Gasteiger partial charge in [-0.25, -0.2) is 9.97 Å². The van der Waals surface area contributed by atoms with Crippen molar-refractivity contribution in [2.45, 2.75) is 39.8 Å². The number of nitrogens with zero attached hydrogens (tertiary/aromatic N) is 2. The van der Waals surface area contributed by atoms with Crippen LogP contribution in [0.2, 0.25) is 12.1 Å². The number of benzene rings is 6. The molecular weight excluding hydrogens is 665 g/mol. The fraction of sp³-hybridized carbons (Fsp3) is 0.125. The molecular formula is C48H40N2O2Si. The fourth-order valence-corrected chi connectivity index (χ4v) is 13.5. The van der Waals surface area contributed by atoms with Crippen LogP contribution in [0.25, 0.3) is 66.6 Å². The van der Waals surface area contributed by atoms with Crippen LogP contribution in [0.15, 0.2) is 154 Å². The van der Waals surface area contributed by atoms with E-state index < -0.39 is 8.07 Å². The van der Waals surface area contributed by atoms with Crippen molar-refractivity contribution in [3.05, 3.63) is 179 Å². The fourth-order valence-electron chi connectivity index (χ4n) is 8.38. The Labute approximate surface area is 311 Å². The van der Waals surface area contributed by atoms with E-state index in [1.165, 1.54) is 54.9 Å². The van der Waals surface area contributed by atoms with E-state index in [0.29, 0.717) is 11.8 Å². The van der Waals surface area contributed by atoms with Crippen LogP contribution in [0.3, 0.4) is 0 Å². The van der Waals surface area contributed by atoms with Gasteiger partial charge in [0.25, 0.3) is 0 Å². The summed E-state index contributed by atoms with van der Waals surface area (Å²) in [5, 5.41) is 2.91. The van der Waals surface area contributed by atoms with Crippen molar-refractivity contribution in [2.24, 2.45) is 0 Å². The van der Waals surface area contributed by atoms with Crippen LogP contribution >= 0.6 is 0 Å². The van der Waals surface area contributed by atoms with Gasteiger partial charge in [0.1, 0.15) is 19.1 Å². The number of hydrogen-bond donors (Lipinski definition) is 0. The number of hydrogen-bond acceptors (Lipinski definition) is 4. The van der Waals surface area contributed by atoms with Crippen molar-refractivity contribution >= 4 is 51.8 Å². The smallest absolute Gasteiger partial charge is 0.227 e. The highest BCUT2D eigenvalue weighted by atomic mass is 28.3. The van der Waals surface area contributed by atoms with E-state index in [2.05, 4.69) is 161 Å². The number of allylic oxidation sites excluding steroid dienone is 2. The summed E-state index contributed by atoms with van der Waals surface area (Å²) in [6.07, 6.45) is 0. The van der Waals surface area contributed by atoms with Crippen LogP contribution in [0, 0.1) is 13.8 Å². The highest BCUT2D eigenvalue weighted by Crippen LogP contribution is 2.58. The predicted molar refractivity (Wildman–Crippen MR) is 222 cm³/mol. The second-order valence-electron chi connectivity index (χ2n) is 14.2. The maximum Gasteiger partial charge on any atom is 0.227 e. The molecule has 1 aliphatic rings. The van der Waals surface area contributed by atoms with Crippen molar-refractivity contribution in [3.63, 3.8) is 0 Å². The molecule has 1 aliphatic heterocycles. The second-order valence-corrected chi connectivity index (χ2v) is 18.7. The SMILES string of the molecule is CC[Si]1(CC)C(c2cccc(-c3nc4cc(C)ccc4o3)c2)=C(c2ccccc2)C(c2ccccc2)=C1c1cccc(-c2nc3cc(C)ccc3o2)c1. The van der Waals surface area contributed by atoms with Crippen LogP contribution in [0.1, 0.15) is 47.2 Å². The minimum Gasteiger partial charge on any atom is -0.436 e. The van der Waals surface area contributed by atoms with Crippen LogP contribution < -0.4 is 0 Å². The molecule has 0 bridgehead atoms. The number of rotatable bonds is 8. The Bertz CT molecular complexity index is 2530. The third kappa shape index (κ3) is 5.60. The van der Waals surface area contributed by atoms with Crippen LogP contribution in [-0.2, 0) is 0 Å². The lowest BCUT2D eigenvalue weighted by atomic mass is 9.89. The normalized spacial score (nSPS) is 14.2. The molecule has 0 fully saturated rings. The molecule has 8 aromatic rings. The van der Waals surface area contributed by atoms with Crippen molar-refractivity contribution in [1.82, 2.24) is 9.97 Å². The Kier molecular flexibility index (Phi) is 8.16. The van der Waals surface area contributed by atoms with Crippen LogP contribution in [0.4, 0.5) is 0 Å². The molecule has 3 heterocycles. The Hall–Kier alpha value is -6.04. The lowest BCUT2D eigenvalue weighted by molar-refractivity contribution is 0.619. The molecule has 258 valence electrons. The number of fused-ring (bicyclic) bond motifs is 2. The van der Waals surface area contributed by atoms with E-state index in [9.17, 15) is 0 Å². The number of aryl methyl sites for hydroxylation is 2. The van der Waals surface area contributed by atoms with Gasteiger partial charge in [0.15, 0.2) is 11.2 Å². The average Bonchev–Trinajstić information content (AvgIpc) is 3.91. The van der Waals surface area contributed by atoms with Gasteiger partial charge in [0.2, 0.25) is 11.8 Å². The van der Waals surface area contributed by atoms with Crippen molar-refractivity contribution in [1.29, 1.82) is 0 Å². The molecule has 4 nitrogen and oxygen atoms in total. The first kappa shape index (κ1) is 32.8. The van der Waals surface area contributed by atoms with Gasteiger partial charge in [-0.05, 0) is 117 Å². The monoisotopic (exact) mass is 704 g/mol. The minimum absolute atomic E-state index is 0.644. The van der Waals surface area contributed by atoms with Crippen molar-refractivity contribution < 1.29 is 8.83 Å². The highest BCUT2D eigenvalue weighted by molar-refractivity contribution is 7.14. The predicted octanol–water partition coefficient (Wildman–Crippen LogP) is 13.0. The molecule has 6 aromatic carbocycles. The van der Waals surface area contributed by atoms with Crippen molar-refractivity contribution in [3.8, 4) is 22.9 Å². The van der Waals surface area contributed by atoms with Gasteiger partial charge in [-0.1, -0.05) is 123 Å². The Morgan fingerprint density at radius 2 is 0.830 bits per heavy atom. The summed E-state index contributed by atoms with van der Waals surface area (Å²) in [6, 6.07) is 54.2. The molecule has 0 aliphatic carbocycles. The molecule has 0 N–H and O–H groups in total. The summed E-state index contributed by atoms with van der Waals surface area (Å²) in [4.78, 5) is 9.91. The van der Waals surface area contributed by atoms with Crippen LogP contribution in [-0.4, -0.2) is 18.0 Å². The summed E-state index contributed by atoms with van der Waals surface area (Å²) in [5.41, 5.74) is 15.2. The first-order valence-corrected chi connectivity index (χ1v) is 20.9. The topological polar surface area (TPSA) is 52.1 Å². The van der Waals surface area contributed by atoms with Crippen LogP contribution in [0.5, 0.6) is 0 Å². The maximum absolute atomic E-state index is 6.37. The average molecular weight is 705 g/mol. The summed E-state index contributed by atoms with van der Waals surface area (Å²) < 4.78 is 12.7. The number of aromatic nitrogens is 2. The zero-order chi connectivity index (χ0) is 36.1. The summed E-state index contributed by atoms with van der Waals surface area (Å²) in [6.45, 7) is 8.97. The first-order chi connectivity index (χ1) is 26.0.